The molecule has 34 heavy (non-hydrogen) atoms. The van der Waals surface area contributed by atoms with Gasteiger partial charge in [0.25, 0.3) is 11.7 Å². The second-order valence-corrected chi connectivity index (χ2v) is 8.88. The number of hydrogen-bond acceptors (Lipinski definition) is 5. The first-order chi connectivity index (χ1) is 16.3. The Bertz CT molecular complexity index is 1080. The van der Waals surface area contributed by atoms with Crippen LogP contribution >= 0.6 is 23.2 Å². The molecule has 0 saturated carbocycles. The van der Waals surface area contributed by atoms with Gasteiger partial charge in [-0.25, -0.2) is 0 Å². The normalized spacial score (nSPS) is 17.6. The van der Waals surface area contributed by atoms with Gasteiger partial charge in [0.15, 0.2) is 0 Å². The third kappa shape index (κ3) is 5.57. The monoisotopic (exact) mass is 504 g/mol. The average molecular weight is 505 g/mol. The molecule has 0 bridgehead atoms. The number of benzene rings is 2. The van der Waals surface area contributed by atoms with Gasteiger partial charge in [0.1, 0.15) is 11.5 Å². The van der Waals surface area contributed by atoms with Crippen LogP contribution in [-0.4, -0.2) is 59.4 Å². The quantitative estimate of drug-likeness (QED) is 0.261. The summed E-state index contributed by atoms with van der Waals surface area (Å²) in [4.78, 5) is 30.0. The molecule has 1 heterocycles. The lowest BCUT2D eigenvalue weighted by Gasteiger charge is -2.28. The van der Waals surface area contributed by atoms with Crippen LogP contribution in [0.1, 0.15) is 44.4 Å². The van der Waals surface area contributed by atoms with E-state index in [1.54, 1.807) is 42.5 Å². The van der Waals surface area contributed by atoms with Crippen molar-refractivity contribution in [3.63, 3.8) is 0 Å². The second kappa shape index (κ2) is 11.7. The summed E-state index contributed by atoms with van der Waals surface area (Å²) in [5.41, 5.74) is 1.03. The Labute approximate surface area is 210 Å². The summed E-state index contributed by atoms with van der Waals surface area (Å²) in [5, 5.41) is 11.9. The van der Waals surface area contributed by atoms with Crippen molar-refractivity contribution in [1.82, 2.24) is 9.80 Å². The van der Waals surface area contributed by atoms with E-state index >= 15 is 0 Å². The number of hydrogen-bond donors (Lipinski definition) is 1. The van der Waals surface area contributed by atoms with Crippen molar-refractivity contribution in [2.75, 3.05) is 32.8 Å². The molecule has 182 valence electrons. The topological polar surface area (TPSA) is 70.1 Å². The molecule has 0 radical (unpaired) electrons. The summed E-state index contributed by atoms with van der Waals surface area (Å²) >= 11 is 12.4. The standard InChI is InChI=1S/C26H30Cl2N2O4/c1-4-14-34-19-9-7-8-18(15-19)24(31)22-23(17-10-11-20(27)21(28)16-17)30(26(33)25(22)32)13-12-29(5-2)6-3/h7-11,15-16,23,31H,4-6,12-14H2,1-3H3. The van der Waals surface area contributed by atoms with Gasteiger partial charge in [-0.3, -0.25) is 9.59 Å². The molecule has 3 rings (SSSR count). The maximum absolute atomic E-state index is 13.2. The number of ketones is 1. The maximum Gasteiger partial charge on any atom is 0.295 e. The summed E-state index contributed by atoms with van der Waals surface area (Å²) < 4.78 is 5.67. The van der Waals surface area contributed by atoms with Gasteiger partial charge >= 0.3 is 0 Å². The number of halogens is 2. The van der Waals surface area contributed by atoms with Gasteiger partial charge < -0.3 is 19.6 Å². The number of amides is 1. The molecule has 0 aromatic heterocycles. The number of carbonyl (C=O) groups is 2. The number of nitrogens with zero attached hydrogens (tertiary/aromatic N) is 2. The highest BCUT2D eigenvalue weighted by Gasteiger charge is 2.46. The molecule has 1 aliphatic rings. The number of aliphatic hydroxyl groups is 1. The Hall–Kier alpha value is -2.54. The molecule has 1 atom stereocenters. The van der Waals surface area contributed by atoms with Gasteiger partial charge in [-0.2, -0.15) is 0 Å². The minimum atomic E-state index is -0.787. The van der Waals surface area contributed by atoms with Crippen molar-refractivity contribution in [3.8, 4) is 5.75 Å². The molecule has 1 aliphatic heterocycles. The fourth-order valence-corrected chi connectivity index (χ4v) is 4.34. The average Bonchev–Trinajstić information content (AvgIpc) is 3.09. The highest BCUT2D eigenvalue weighted by atomic mass is 35.5. The summed E-state index contributed by atoms with van der Waals surface area (Å²) in [6, 6.07) is 11.1. The van der Waals surface area contributed by atoms with E-state index in [-0.39, 0.29) is 11.3 Å². The first-order valence-corrected chi connectivity index (χ1v) is 12.3. The van der Waals surface area contributed by atoms with Crippen LogP contribution < -0.4 is 4.74 Å². The lowest BCUT2D eigenvalue weighted by atomic mass is 9.95. The number of likely N-dealkylation sites (N-methyl/N-ethyl adjacent to an activating group) is 1. The van der Waals surface area contributed by atoms with E-state index < -0.39 is 17.7 Å². The van der Waals surface area contributed by atoms with Crippen molar-refractivity contribution in [2.24, 2.45) is 0 Å². The summed E-state index contributed by atoms with van der Waals surface area (Å²) in [5.74, 6) is -1.05. The minimum absolute atomic E-state index is 0.0237. The molecular formula is C26H30Cl2N2O4. The van der Waals surface area contributed by atoms with Crippen LogP contribution in [0, 0.1) is 0 Å². The van der Waals surface area contributed by atoms with E-state index in [9.17, 15) is 14.7 Å². The molecule has 8 heteroatoms. The zero-order valence-corrected chi connectivity index (χ0v) is 21.2. The van der Waals surface area contributed by atoms with Crippen LogP contribution in [0.2, 0.25) is 10.0 Å². The molecule has 1 unspecified atom stereocenters. The number of rotatable bonds is 10. The lowest BCUT2D eigenvalue weighted by molar-refractivity contribution is -0.140. The first kappa shape index (κ1) is 26.1. The van der Waals surface area contributed by atoms with Crippen LogP contribution in [0.4, 0.5) is 0 Å². The Morgan fingerprint density at radius 3 is 2.44 bits per heavy atom. The Morgan fingerprint density at radius 2 is 1.79 bits per heavy atom. The summed E-state index contributed by atoms with van der Waals surface area (Å²) in [6.45, 7) is 9.18. The van der Waals surface area contributed by atoms with E-state index in [0.717, 1.165) is 19.5 Å². The maximum atomic E-state index is 13.2. The zero-order valence-electron chi connectivity index (χ0n) is 19.7. The minimum Gasteiger partial charge on any atom is -0.507 e. The molecule has 6 nitrogen and oxygen atoms in total. The van der Waals surface area contributed by atoms with Gasteiger partial charge in [0, 0.05) is 18.7 Å². The molecule has 0 spiro atoms. The molecule has 1 amide bonds. The Morgan fingerprint density at radius 1 is 1.06 bits per heavy atom. The smallest absolute Gasteiger partial charge is 0.295 e. The first-order valence-electron chi connectivity index (χ1n) is 11.5. The predicted molar refractivity (Wildman–Crippen MR) is 135 cm³/mol. The lowest BCUT2D eigenvalue weighted by Crippen LogP contribution is -2.38. The van der Waals surface area contributed by atoms with Crippen molar-refractivity contribution >= 4 is 40.7 Å². The second-order valence-electron chi connectivity index (χ2n) is 8.07. The SMILES string of the molecule is CCCOc1cccc(C(O)=C2C(=O)C(=O)N(CCN(CC)CC)C2c2ccc(Cl)c(Cl)c2)c1. The van der Waals surface area contributed by atoms with Gasteiger partial charge in [-0.05, 0) is 49.3 Å². The van der Waals surface area contributed by atoms with Crippen LogP contribution in [0.25, 0.3) is 5.76 Å². The van der Waals surface area contributed by atoms with E-state index in [1.807, 2.05) is 20.8 Å². The van der Waals surface area contributed by atoms with Crippen LogP contribution in [0.3, 0.4) is 0 Å². The van der Waals surface area contributed by atoms with Gasteiger partial charge in [-0.15, -0.1) is 0 Å². The fourth-order valence-electron chi connectivity index (χ4n) is 4.04. The Balaban J connectivity index is 2.10. The molecule has 0 aliphatic carbocycles. The number of ether oxygens (including phenoxy) is 1. The van der Waals surface area contributed by atoms with Crippen molar-refractivity contribution in [1.29, 1.82) is 0 Å². The van der Waals surface area contributed by atoms with Gasteiger partial charge in [0.05, 0.1) is 28.3 Å². The van der Waals surface area contributed by atoms with Crippen LogP contribution in [0.5, 0.6) is 5.75 Å². The third-order valence-electron chi connectivity index (χ3n) is 5.93. The van der Waals surface area contributed by atoms with E-state index in [0.29, 0.717) is 46.6 Å². The highest BCUT2D eigenvalue weighted by Crippen LogP contribution is 2.41. The number of carbonyl (C=O) groups excluding carboxylic acids is 2. The van der Waals surface area contributed by atoms with Crippen molar-refractivity contribution < 1.29 is 19.4 Å². The van der Waals surface area contributed by atoms with E-state index in [2.05, 4.69) is 4.90 Å². The molecule has 1 N–H and O–H groups in total. The van der Waals surface area contributed by atoms with Crippen molar-refractivity contribution in [2.45, 2.75) is 33.2 Å². The van der Waals surface area contributed by atoms with E-state index in [1.165, 1.54) is 4.90 Å². The molecule has 2 aromatic rings. The molecule has 2 aromatic carbocycles. The summed E-state index contributed by atoms with van der Waals surface area (Å²) in [6.07, 6.45) is 0.838. The van der Waals surface area contributed by atoms with Gasteiger partial charge in [0.2, 0.25) is 0 Å². The van der Waals surface area contributed by atoms with Crippen LogP contribution in [-0.2, 0) is 9.59 Å². The predicted octanol–water partition coefficient (Wildman–Crippen LogP) is 5.55. The zero-order chi connectivity index (χ0) is 24.8. The molecule has 1 fully saturated rings. The fraction of sp³-hybridized carbons (Fsp3) is 0.385. The number of likely N-dealkylation sites (tertiary alicyclic amines) is 1. The van der Waals surface area contributed by atoms with Crippen LogP contribution in [0.15, 0.2) is 48.0 Å². The third-order valence-corrected chi connectivity index (χ3v) is 6.67. The Kier molecular flexibility index (Phi) is 9.00. The van der Waals surface area contributed by atoms with Crippen molar-refractivity contribution in [3.05, 3.63) is 69.2 Å². The van der Waals surface area contributed by atoms with Gasteiger partial charge in [-0.1, -0.05) is 62.2 Å². The van der Waals surface area contributed by atoms with E-state index in [4.69, 9.17) is 27.9 Å². The number of Topliss-reactive ketones (excluding diaryl/α,β-unsaturated/α-hetero) is 1. The molecular weight excluding hydrogens is 475 g/mol. The molecule has 1 saturated heterocycles. The largest absolute Gasteiger partial charge is 0.507 e. The number of aliphatic hydroxyl groups excluding tert-OH is 1. The summed E-state index contributed by atoms with van der Waals surface area (Å²) in [7, 11) is 0. The highest BCUT2D eigenvalue weighted by molar-refractivity contribution is 6.46.